The number of carboxylic acids is 1. The molecule has 0 bridgehead atoms. The number of carboxylic acid groups (broad SMARTS) is 1. The number of carbonyl (C=O) groups is 14. The van der Waals surface area contributed by atoms with Crippen LogP contribution in [0.2, 0.25) is 0 Å². The Morgan fingerprint density at radius 1 is 0.641 bits per heavy atom. The van der Waals surface area contributed by atoms with Crippen LogP contribution in [0, 0.1) is 17.8 Å². The summed E-state index contributed by atoms with van der Waals surface area (Å²) in [7, 11) is 0. The van der Waals surface area contributed by atoms with E-state index in [1.54, 1.807) is 53.7 Å². The van der Waals surface area contributed by atoms with Crippen molar-refractivity contribution in [3.63, 3.8) is 0 Å². The molecule has 1 heterocycles. The van der Waals surface area contributed by atoms with E-state index in [9.17, 15) is 77.3 Å². The Bertz CT molecular complexity index is 2810. The number of hydrogen-bond donors (Lipinski definition) is 16. The van der Waals surface area contributed by atoms with Gasteiger partial charge in [-0.25, -0.2) is 0 Å². The fourth-order valence-electron chi connectivity index (χ4n) is 9.42. The average molecular weight is 1300 g/mol. The second kappa shape index (κ2) is 39.7. The number of nitrogens with one attached hydrogen (secondary N) is 9. The van der Waals surface area contributed by atoms with E-state index < -0.39 is 181 Å². The highest BCUT2D eigenvalue weighted by Gasteiger charge is 2.39. The number of benzene rings is 1. The van der Waals surface area contributed by atoms with E-state index in [-0.39, 0.29) is 75.7 Å². The molecule has 11 atom stereocenters. The van der Waals surface area contributed by atoms with E-state index in [4.69, 9.17) is 28.7 Å². The van der Waals surface area contributed by atoms with Crippen molar-refractivity contribution in [1.82, 2.24) is 52.8 Å². The molecule has 0 fully saturated rings. The molecule has 0 aromatic heterocycles. The molecule has 1 aliphatic heterocycles. The Balaban J connectivity index is 2.46. The molecule has 1 aromatic carbocycles. The number of aliphatic carboxylic acids is 1. The Morgan fingerprint density at radius 2 is 1.18 bits per heavy atom. The van der Waals surface area contributed by atoms with Crippen molar-refractivity contribution in [3.05, 3.63) is 42.0 Å². The minimum Gasteiger partial charge on any atom is -0.508 e. The molecule has 21 N–H and O–H groups in total. The molecule has 92 heavy (non-hydrogen) atoms. The number of nitrogens with zero attached hydrogens (tertiary/aromatic N) is 2. The summed E-state index contributed by atoms with van der Waals surface area (Å²) in [5, 5.41) is 42.3. The van der Waals surface area contributed by atoms with E-state index in [0.717, 1.165) is 0 Å². The summed E-state index contributed by atoms with van der Waals surface area (Å²) < 4.78 is 0. The first kappa shape index (κ1) is 78.7. The lowest BCUT2D eigenvalue weighted by Gasteiger charge is -2.34. The number of amides is 13. The van der Waals surface area contributed by atoms with Crippen LogP contribution in [-0.2, 0) is 73.5 Å². The third-order valence-electron chi connectivity index (χ3n) is 15.0. The van der Waals surface area contributed by atoms with Crippen LogP contribution in [0.3, 0.4) is 0 Å². The fourth-order valence-corrected chi connectivity index (χ4v) is 9.42. The quantitative estimate of drug-likeness (QED) is 0.0137. The summed E-state index contributed by atoms with van der Waals surface area (Å²) >= 11 is 0. The summed E-state index contributed by atoms with van der Waals surface area (Å²) in [5.41, 5.74) is 28.1. The highest BCUT2D eigenvalue weighted by molar-refractivity contribution is 5.99. The van der Waals surface area contributed by atoms with Crippen molar-refractivity contribution in [2.75, 3.05) is 13.1 Å². The summed E-state index contributed by atoms with van der Waals surface area (Å²) in [6.07, 6.45) is 1.67. The maximum Gasteiger partial charge on any atom is 0.303 e. The minimum atomic E-state index is -1.62. The predicted octanol–water partition coefficient (Wildman–Crippen LogP) is -3.04. The van der Waals surface area contributed by atoms with Crippen molar-refractivity contribution in [2.24, 2.45) is 51.4 Å². The number of nitrogens with two attached hydrogens (primary N) is 5. The van der Waals surface area contributed by atoms with Gasteiger partial charge in [0, 0.05) is 45.2 Å². The molecule has 1 aliphatic rings. The van der Waals surface area contributed by atoms with Crippen molar-refractivity contribution < 1.29 is 77.3 Å². The smallest absolute Gasteiger partial charge is 0.303 e. The van der Waals surface area contributed by atoms with Crippen molar-refractivity contribution in [1.29, 1.82) is 0 Å². The number of primary amides is 3. The fraction of sp³-hybridized carbons (Fsp3) is 0.617. The van der Waals surface area contributed by atoms with Gasteiger partial charge in [-0.15, -0.1) is 0 Å². The zero-order valence-electron chi connectivity index (χ0n) is 53.7. The van der Waals surface area contributed by atoms with Gasteiger partial charge in [0.15, 0.2) is 5.96 Å². The van der Waals surface area contributed by atoms with Crippen molar-refractivity contribution in [3.8, 4) is 5.75 Å². The van der Waals surface area contributed by atoms with Gasteiger partial charge in [-0.1, -0.05) is 72.2 Å². The zero-order valence-corrected chi connectivity index (χ0v) is 53.7. The van der Waals surface area contributed by atoms with Gasteiger partial charge < -0.3 is 91.6 Å². The SMILES string of the molecule is CC[C@H](C)[C@H](NC(=O)[C@H](CCC(=O)O)NC(=O)[C@H](C)NC(=O)[C@H](CC(C)C)NC(=O)[C@H](CCC(N)=O)NC(=O)[C@H](CCCN=C(N)N)NC(=O)[C@H](C)N1C/C=C/CCCC(=O)N[C@@H](CCC(N)=O)C(=O)N[C@@H](C(C)C)C1=O)C(=O)N[C@@H](Cc1ccc(O)cc1)C(N)=O. The first-order chi connectivity index (χ1) is 43.1. The van der Waals surface area contributed by atoms with Gasteiger partial charge in [0.05, 0.1) is 0 Å². The van der Waals surface area contributed by atoms with Gasteiger partial charge in [0.1, 0.15) is 66.2 Å². The first-order valence-corrected chi connectivity index (χ1v) is 30.7. The Hall–Kier alpha value is -9.39. The number of allylic oxidation sites excluding steroid dienone is 1. The molecule has 32 heteroatoms. The molecule has 0 aliphatic carbocycles. The molecule has 0 saturated carbocycles. The number of rotatable bonds is 36. The second-order valence-electron chi connectivity index (χ2n) is 23.6. The molecule has 0 radical (unpaired) electrons. The molecular weight excluding hydrogens is 1200 g/mol. The van der Waals surface area contributed by atoms with Crippen LogP contribution in [0.25, 0.3) is 0 Å². The number of aliphatic imine (C=N–C) groups is 1. The number of guanidine groups is 1. The largest absolute Gasteiger partial charge is 0.508 e. The summed E-state index contributed by atoms with van der Waals surface area (Å²) in [5.74, 6) is -14.2. The van der Waals surface area contributed by atoms with Crippen LogP contribution < -0.4 is 76.5 Å². The van der Waals surface area contributed by atoms with Crippen molar-refractivity contribution >= 4 is 88.7 Å². The maximum atomic E-state index is 14.5. The van der Waals surface area contributed by atoms with Gasteiger partial charge in [-0.05, 0) is 101 Å². The van der Waals surface area contributed by atoms with E-state index in [1.165, 1.54) is 43.0 Å². The average Bonchev–Trinajstić information content (AvgIpc) is 0.961. The molecule has 0 unspecified atom stereocenters. The van der Waals surface area contributed by atoms with Crippen LogP contribution in [0.15, 0.2) is 41.4 Å². The van der Waals surface area contributed by atoms with E-state index in [1.807, 2.05) is 0 Å². The highest BCUT2D eigenvalue weighted by Crippen LogP contribution is 2.17. The topological polar surface area (TPSA) is 533 Å². The van der Waals surface area contributed by atoms with Gasteiger partial charge in [-0.3, -0.25) is 72.1 Å². The van der Waals surface area contributed by atoms with E-state index >= 15 is 0 Å². The van der Waals surface area contributed by atoms with Gasteiger partial charge in [0.2, 0.25) is 76.8 Å². The number of aromatic hydroxyl groups is 1. The van der Waals surface area contributed by atoms with Crippen molar-refractivity contribution in [2.45, 2.75) is 206 Å². The Kier molecular flexibility index (Phi) is 33.9. The second-order valence-corrected chi connectivity index (χ2v) is 23.6. The van der Waals surface area contributed by atoms with Crippen LogP contribution >= 0.6 is 0 Å². The number of phenolic OH excluding ortho intramolecular Hbond substituents is 1. The van der Waals surface area contributed by atoms with Crippen LogP contribution in [-0.4, -0.2) is 177 Å². The monoisotopic (exact) mass is 1300 g/mol. The highest BCUT2D eigenvalue weighted by atomic mass is 16.4. The van der Waals surface area contributed by atoms with Crippen LogP contribution in [0.1, 0.15) is 144 Å². The molecular formula is C60H96N16O16. The molecule has 32 nitrogen and oxygen atoms in total. The molecule has 512 valence electrons. The third kappa shape index (κ3) is 28.6. The number of hydrogen-bond acceptors (Lipinski definition) is 16. The number of phenols is 1. The predicted molar refractivity (Wildman–Crippen MR) is 336 cm³/mol. The molecule has 2 rings (SSSR count). The summed E-state index contributed by atoms with van der Waals surface area (Å²) in [4.78, 5) is 193. The lowest BCUT2D eigenvalue weighted by Crippen LogP contribution is -2.61. The summed E-state index contributed by atoms with van der Waals surface area (Å²) in [6, 6.07) is -8.31. The molecule has 1 aromatic rings. The maximum absolute atomic E-state index is 14.5. The molecule has 0 saturated heterocycles. The van der Waals surface area contributed by atoms with Gasteiger partial charge >= 0.3 is 5.97 Å². The minimum absolute atomic E-state index is 0.0263. The Morgan fingerprint density at radius 3 is 1.74 bits per heavy atom. The van der Waals surface area contributed by atoms with Crippen LogP contribution in [0.5, 0.6) is 5.75 Å². The van der Waals surface area contributed by atoms with Gasteiger partial charge in [-0.2, -0.15) is 0 Å². The lowest BCUT2D eigenvalue weighted by atomic mass is 9.96. The zero-order chi connectivity index (χ0) is 69.5. The number of carbonyl (C=O) groups excluding carboxylic acids is 13. The van der Waals surface area contributed by atoms with E-state index in [2.05, 4.69) is 52.8 Å². The standard InChI is InChI=1S/C60H96N16O16/c1-9-33(6)49(58(91)72-42(50(63)83)30-36-17-19-37(77)20-18-36)75-56(89)41(23-26-47(81)82)69-51(84)34(7)67-57(90)43(29-31(2)3)73-54(87)40(22-25-45(62)79)71-53(86)38(15-14-27-66-60(64)65)70-52(85)35(8)76-28-13-11-10-12-16-46(80)68-39(21-24-44(61)78)55(88)74-48(32(4)5)59(76)92/h11,13,17-20,31-35,38-43,48-49,77H,9-10,12,14-16,21-30H2,1-8H3,(H2,61,78)(H2,62,79)(H2,63,83)(H,67,90)(H,68,80)(H,69,84)(H,70,85)(H,71,86)(H,72,91)(H,73,87)(H,74,88)(H,75,89)(H,81,82)(H4,64,65,66)/b13-11+/t33-,34-,35-,38-,39-,40-,41-,42-,43-,48-,49-/m0/s1. The normalized spacial score (nSPS) is 17.9. The summed E-state index contributed by atoms with van der Waals surface area (Å²) in [6.45, 7) is 12.5. The first-order valence-electron chi connectivity index (χ1n) is 30.7. The molecule has 0 spiro atoms. The van der Waals surface area contributed by atoms with Gasteiger partial charge in [0.25, 0.3) is 0 Å². The third-order valence-corrected chi connectivity index (χ3v) is 15.0. The Labute approximate surface area is 535 Å². The van der Waals surface area contributed by atoms with E-state index in [0.29, 0.717) is 24.8 Å². The lowest BCUT2D eigenvalue weighted by molar-refractivity contribution is -0.144. The van der Waals surface area contributed by atoms with Crippen LogP contribution in [0.4, 0.5) is 0 Å². The molecule has 13 amide bonds.